The van der Waals surface area contributed by atoms with Crippen molar-refractivity contribution in [2.24, 2.45) is 0 Å². The van der Waals surface area contributed by atoms with Crippen LogP contribution in [0.25, 0.3) is 5.69 Å². The van der Waals surface area contributed by atoms with Crippen molar-refractivity contribution < 1.29 is 14.7 Å². The lowest BCUT2D eigenvalue weighted by Gasteiger charge is -2.28. The van der Waals surface area contributed by atoms with Crippen LogP contribution in [0.15, 0.2) is 79.0 Å². The molecule has 9 heteroatoms. The molecule has 0 bridgehead atoms. The topological polar surface area (TPSA) is 99.5 Å². The summed E-state index contributed by atoms with van der Waals surface area (Å²) in [7, 11) is 0. The van der Waals surface area contributed by atoms with E-state index in [1.807, 2.05) is 61.5 Å². The van der Waals surface area contributed by atoms with Crippen molar-refractivity contribution in [1.29, 1.82) is 0 Å². The molecule has 1 fully saturated rings. The van der Waals surface area contributed by atoms with Gasteiger partial charge >= 0.3 is 5.97 Å². The normalized spacial score (nSPS) is 16.5. The molecule has 0 unspecified atom stereocenters. The van der Waals surface area contributed by atoms with Gasteiger partial charge in [-0.2, -0.15) is 0 Å². The van der Waals surface area contributed by atoms with Gasteiger partial charge in [0.05, 0.1) is 23.3 Å². The second kappa shape index (κ2) is 11.9. The van der Waals surface area contributed by atoms with E-state index in [-0.39, 0.29) is 30.0 Å². The van der Waals surface area contributed by atoms with Crippen molar-refractivity contribution in [3.8, 4) is 5.69 Å². The summed E-state index contributed by atoms with van der Waals surface area (Å²) in [6.07, 6.45) is 2.87. The number of carboxylic acid groups (broad SMARTS) is 1. The Bertz CT molecular complexity index is 1580. The first kappa shape index (κ1) is 28.0. The van der Waals surface area contributed by atoms with Crippen LogP contribution in [0.2, 0.25) is 0 Å². The molecule has 1 aliphatic rings. The molecule has 4 aromatic rings. The highest BCUT2D eigenvalue weighted by molar-refractivity contribution is 7.80. The molecule has 1 saturated heterocycles. The zero-order chi connectivity index (χ0) is 29.1. The maximum Gasteiger partial charge on any atom is 0.335 e. The van der Waals surface area contributed by atoms with Gasteiger partial charge in [0.25, 0.3) is 0 Å². The Kier molecular flexibility index (Phi) is 8.16. The second-order valence-corrected chi connectivity index (χ2v) is 10.5. The number of aromatic carboxylic acids is 1. The Morgan fingerprint density at radius 3 is 2.46 bits per heavy atom. The van der Waals surface area contributed by atoms with Crippen LogP contribution >= 0.6 is 12.2 Å². The lowest BCUT2D eigenvalue weighted by atomic mass is 9.96. The maximum absolute atomic E-state index is 13.1. The number of nitrogens with zero attached hydrogens (tertiary/aromatic N) is 3. The van der Waals surface area contributed by atoms with E-state index >= 15 is 0 Å². The van der Waals surface area contributed by atoms with Gasteiger partial charge in [0.2, 0.25) is 5.91 Å². The van der Waals surface area contributed by atoms with Crippen LogP contribution in [-0.2, 0) is 11.2 Å². The standard InChI is InChI=1S/C32H33N5O3S/c1-4-22-9-5-6-10-26(22)34-28(38)16-18-36-30(29(35-32(36)41)27-11-7-8-17-33-27)25-19-20(2)37(21(25)3)24-14-12-23(13-15-24)31(39)40/h5-15,17,19,29-30H,4,16,18H2,1-3H3,(H,34,38)(H,35,41)(H,39,40)/t29-,30+/m1/s1. The van der Waals surface area contributed by atoms with Crippen LogP contribution in [0.3, 0.4) is 0 Å². The summed E-state index contributed by atoms with van der Waals surface area (Å²) >= 11 is 5.82. The summed E-state index contributed by atoms with van der Waals surface area (Å²) in [6, 6.07) is 22.3. The van der Waals surface area contributed by atoms with E-state index in [9.17, 15) is 14.7 Å². The van der Waals surface area contributed by atoms with Gasteiger partial charge in [-0.05, 0) is 92.1 Å². The first-order valence-corrected chi connectivity index (χ1v) is 14.1. The van der Waals surface area contributed by atoms with Crippen molar-refractivity contribution >= 4 is 34.9 Å². The first-order valence-electron chi connectivity index (χ1n) is 13.7. The Labute approximate surface area is 245 Å². The number of aromatic nitrogens is 2. The fourth-order valence-corrected chi connectivity index (χ4v) is 5.94. The van der Waals surface area contributed by atoms with Crippen molar-refractivity contribution in [1.82, 2.24) is 19.8 Å². The van der Waals surface area contributed by atoms with Crippen molar-refractivity contribution in [2.75, 3.05) is 11.9 Å². The average molecular weight is 568 g/mol. The van der Waals surface area contributed by atoms with Gasteiger partial charge in [0, 0.05) is 41.9 Å². The highest BCUT2D eigenvalue weighted by Gasteiger charge is 2.41. The van der Waals surface area contributed by atoms with E-state index in [4.69, 9.17) is 12.2 Å². The molecule has 3 heterocycles. The summed E-state index contributed by atoms with van der Waals surface area (Å²) in [4.78, 5) is 31.2. The van der Waals surface area contributed by atoms with Gasteiger partial charge in [-0.25, -0.2) is 4.79 Å². The third-order valence-corrected chi connectivity index (χ3v) is 7.96. The number of pyridine rings is 1. The number of carbonyl (C=O) groups is 2. The molecule has 0 spiro atoms. The van der Waals surface area contributed by atoms with Gasteiger partial charge in [-0.15, -0.1) is 0 Å². The summed E-state index contributed by atoms with van der Waals surface area (Å²) < 4.78 is 2.12. The lowest BCUT2D eigenvalue weighted by Crippen LogP contribution is -2.33. The number of hydrogen-bond donors (Lipinski definition) is 3. The average Bonchev–Trinajstić information content (AvgIpc) is 3.46. The maximum atomic E-state index is 13.1. The molecule has 1 aliphatic heterocycles. The van der Waals surface area contributed by atoms with Gasteiger partial charge in [0.1, 0.15) is 0 Å². The predicted octanol–water partition coefficient (Wildman–Crippen LogP) is 5.75. The fourth-order valence-electron chi connectivity index (χ4n) is 5.61. The number of anilines is 1. The van der Waals surface area contributed by atoms with Gasteiger partial charge in [0.15, 0.2) is 5.11 Å². The van der Waals surface area contributed by atoms with Crippen molar-refractivity contribution in [3.05, 3.63) is 113 Å². The highest BCUT2D eigenvalue weighted by Crippen LogP contribution is 2.41. The number of amides is 1. The molecule has 41 heavy (non-hydrogen) atoms. The molecule has 5 rings (SSSR count). The van der Waals surface area contributed by atoms with Crippen LogP contribution in [0.5, 0.6) is 0 Å². The molecule has 2 aromatic carbocycles. The van der Waals surface area contributed by atoms with E-state index < -0.39 is 5.97 Å². The zero-order valence-corrected chi connectivity index (χ0v) is 24.1. The van der Waals surface area contributed by atoms with E-state index in [1.165, 1.54) is 0 Å². The van der Waals surface area contributed by atoms with Crippen LogP contribution in [0.1, 0.15) is 64.0 Å². The minimum Gasteiger partial charge on any atom is -0.478 e. The summed E-state index contributed by atoms with van der Waals surface area (Å²) in [5, 5.41) is 16.4. The molecule has 2 aromatic heterocycles. The third-order valence-electron chi connectivity index (χ3n) is 7.61. The molecule has 0 radical (unpaired) electrons. The number of aryl methyl sites for hydroxylation is 2. The third kappa shape index (κ3) is 5.71. The summed E-state index contributed by atoms with van der Waals surface area (Å²) in [5.41, 5.74) is 6.98. The van der Waals surface area contributed by atoms with Gasteiger partial charge < -0.3 is 25.2 Å². The van der Waals surface area contributed by atoms with Crippen LogP contribution in [0.4, 0.5) is 5.69 Å². The minimum absolute atomic E-state index is 0.0715. The van der Waals surface area contributed by atoms with Crippen molar-refractivity contribution in [3.63, 3.8) is 0 Å². The number of para-hydroxylation sites is 1. The fraction of sp³-hybridized carbons (Fsp3) is 0.250. The van der Waals surface area contributed by atoms with Crippen LogP contribution in [-0.4, -0.2) is 43.1 Å². The van der Waals surface area contributed by atoms with Crippen LogP contribution < -0.4 is 10.6 Å². The van der Waals surface area contributed by atoms with Gasteiger partial charge in [-0.3, -0.25) is 9.78 Å². The molecule has 1 amide bonds. The van der Waals surface area contributed by atoms with E-state index in [0.717, 1.165) is 46.0 Å². The molecule has 2 atom stereocenters. The Balaban J connectivity index is 1.46. The first-order chi connectivity index (χ1) is 19.8. The molecule has 210 valence electrons. The smallest absolute Gasteiger partial charge is 0.335 e. The predicted molar refractivity (Wildman–Crippen MR) is 163 cm³/mol. The van der Waals surface area contributed by atoms with Gasteiger partial charge in [-0.1, -0.05) is 31.2 Å². The Morgan fingerprint density at radius 2 is 1.78 bits per heavy atom. The number of benzene rings is 2. The monoisotopic (exact) mass is 567 g/mol. The Hall–Kier alpha value is -4.50. The number of nitrogens with one attached hydrogen (secondary N) is 2. The number of carboxylic acids is 1. The SMILES string of the molecule is CCc1ccccc1NC(=O)CCN1C(=S)N[C@H](c2ccccn2)[C@@H]1c1cc(C)n(-c2ccc(C(=O)O)cc2)c1C. The number of thiocarbonyl (C=S) groups is 1. The van der Waals surface area contributed by atoms with E-state index in [1.54, 1.807) is 18.3 Å². The molecule has 0 saturated carbocycles. The highest BCUT2D eigenvalue weighted by atomic mass is 32.1. The minimum atomic E-state index is -0.959. The van der Waals surface area contributed by atoms with E-state index in [2.05, 4.69) is 45.0 Å². The summed E-state index contributed by atoms with van der Waals surface area (Å²) in [5.74, 6) is -1.03. The molecule has 8 nitrogen and oxygen atoms in total. The molecule has 3 N–H and O–H groups in total. The van der Waals surface area contributed by atoms with Crippen molar-refractivity contribution in [2.45, 2.75) is 45.7 Å². The summed E-state index contributed by atoms with van der Waals surface area (Å²) in [6.45, 7) is 6.58. The number of hydrogen-bond acceptors (Lipinski definition) is 4. The molecular formula is C32H33N5O3S. The number of carbonyl (C=O) groups excluding carboxylic acids is 1. The molecule has 0 aliphatic carbocycles. The van der Waals surface area contributed by atoms with Crippen LogP contribution in [0, 0.1) is 13.8 Å². The zero-order valence-electron chi connectivity index (χ0n) is 23.3. The van der Waals surface area contributed by atoms with E-state index in [0.29, 0.717) is 11.7 Å². The quantitative estimate of drug-likeness (QED) is 0.222. The largest absolute Gasteiger partial charge is 0.478 e. The Morgan fingerprint density at radius 1 is 1.05 bits per heavy atom. The lowest BCUT2D eigenvalue weighted by molar-refractivity contribution is -0.116. The second-order valence-electron chi connectivity index (χ2n) is 10.1. The molecular weight excluding hydrogens is 534 g/mol. The number of rotatable bonds is 9.